The molecule has 0 aliphatic heterocycles. The quantitative estimate of drug-likeness (QED) is 0.495. The molecule has 1 aromatic heterocycles. The van der Waals surface area contributed by atoms with E-state index < -0.39 is 0 Å². The maximum absolute atomic E-state index is 12.2. The molecule has 0 spiro atoms. The van der Waals surface area contributed by atoms with Gasteiger partial charge in [0.15, 0.2) is 11.5 Å². The number of methoxy groups -OCH3 is 3. The van der Waals surface area contributed by atoms with E-state index in [4.69, 9.17) is 14.2 Å². The Hall–Kier alpha value is -3.19. The van der Waals surface area contributed by atoms with Crippen molar-refractivity contribution in [2.45, 2.75) is 6.42 Å². The summed E-state index contributed by atoms with van der Waals surface area (Å²) in [5.41, 5.74) is 2.93. The van der Waals surface area contributed by atoms with E-state index >= 15 is 0 Å². The Morgan fingerprint density at radius 2 is 1.75 bits per heavy atom. The molecule has 0 bridgehead atoms. The zero-order chi connectivity index (χ0) is 19.9. The number of H-pyrrole nitrogens is 1. The summed E-state index contributed by atoms with van der Waals surface area (Å²) in [6.07, 6.45) is 2.85. The molecule has 3 aromatic rings. The molecule has 3 rings (SSSR count). The largest absolute Gasteiger partial charge is 0.493 e. The first kappa shape index (κ1) is 19.6. The van der Waals surface area contributed by atoms with Gasteiger partial charge in [0.2, 0.25) is 11.7 Å². The van der Waals surface area contributed by atoms with E-state index in [0.29, 0.717) is 29.5 Å². The normalized spacial score (nSPS) is 10.7. The summed E-state index contributed by atoms with van der Waals surface area (Å²) in [6, 6.07) is 11.6. The van der Waals surface area contributed by atoms with Crippen LogP contribution in [0.3, 0.4) is 0 Å². The van der Waals surface area contributed by atoms with Crippen LogP contribution in [0.15, 0.2) is 42.6 Å². The molecule has 0 atom stereocenters. The molecule has 0 fully saturated rings. The molecule has 0 radical (unpaired) electrons. The molecular weight excluding hydrogens is 358 g/mol. The smallest absolute Gasteiger partial charge is 0.238 e. The lowest BCUT2D eigenvalue weighted by atomic mass is 10.1. The monoisotopic (exact) mass is 383 g/mol. The third-order valence-electron chi connectivity index (χ3n) is 4.48. The number of nitrogens with one attached hydrogen (secondary N) is 3. The summed E-state index contributed by atoms with van der Waals surface area (Å²) in [7, 11) is 4.61. The molecule has 7 nitrogen and oxygen atoms in total. The number of aromatic nitrogens is 1. The van der Waals surface area contributed by atoms with Crippen molar-refractivity contribution in [3.63, 3.8) is 0 Å². The van der Waals surface area contributed by atoms with Gasteiger partial charge in [-0.25, -0.2) is 0 Å². The van der Waals surface area contributed by atoms with Crippen LogP contribution in [0.5, 0.6) is 17.2 Å². The molecule has 28 heavy (non-hydrogen) atoms. The first-order valence-electron chi connectivity index (χ1n) is 9.01. The Labute approximate surface area is 164 Å². The van der Waals surface area contributed by atoms with Gasteiger partial charge in [-0.2, -0.15) is 0 Å². The summed E-state index contributed by atoms with van der Waals surface area (Å²) < 4.78 is 15.9. The minimum Gasteiger partial charge on any atom is -0.493 e. The first-order valence-corrected chi connectivity index (χ1v) is 9.01. The minimum atomic E-state index is -0.145. The second-order valence-electron chi connectivity index (χ2n) is 6.25. The second kappa shape index (κ2) is 9.14. The first-order chi connectivity index (χ1) is 13.7. The molecule has 7 heteroatoms. The highest BCUT2D eigenvalue weighted by atomic mass is 16.5. The van der Waals surface area contributed by atoms with Crippen LogP contribution in [0.2, 0.25) is 0 Å². The van der Waals surface area contributed by atoms with Gasteiger partial charge in [-0.05, 0) is 24.6 Å². The van der Waals surface area contributed by atoms with Gasteiger partial charge in [0.25, 0.3) is 0 Å². The number of benzene rings is 2. The molecule has 0 saturated carbocycles. The lowest BCUT2D eigenvalue weighted by Gasteiger charge is -2.14. The molecule has 0 aliphatic carbocycles. The summed E-state index contributed by atoms with van der Waals surface area (Å²) in [4.78, 5) is 15.5. The van der Waals surface area contributed by atoms with Gasteiger partial charge >= 0.3 is 0 Å². The maximum Gasteiger partial charge on any atom is 0.238 e. The Morgan fingerprint density at radius 3 is 2.43 bits per heavy atom. The highest BCUT2D eigenvalue weighted by molar-refractivity contribution is 5.93. The zero-order valence-corrected chi connectivity index (χ0v) is 16.3. The number of amides is 1. The van der Waals surface area contributed by atoms with Gasteiger partial charge in [-0.15, -0.1) is 0 Å². The molecule has 148 valence electrons. The van der Waals surface area contributed by atoms with Crippen LogP contribution in [0.4, 0.5) is 5.69 Å². The molecule has 1 heterocycles. The van der Waals surface area contributed by atoms with Gasteiger partial charge in [0, 0.05) is 34.9 Å². The highest BCUT2D eigenvalue weighted by Gasteiger charge is 2.14. The standard InChI is InChI=1S/C21H25N3O4/c1-26-18-10-15(11-19(27-2)21(18)28-3)24-20(25)13-22-9-8-14-12-23-17-7-5-4-6-16(14)17/h4-7,10-12,22-23H,8-9,13H2,1-3H3,(H,24,25). The number of ether oxygens (including phenoxy) is 3. The Morgan fingerprint density at radius 1 is 1.04 bits per heavy atom. The average molecular weight is 383 g/mol. The predicted molar refractivity (Wildman–Crippen MR) is 110 cm³/mol. The number of anilines is 1. The number of aromatic amines is 1. The molecule has 1 amide bonds. The van der Waals surface area contributed by atoms with Crippen LogP contribution in [-0.2, 0) is 11.2 Å². The number of fused-ring (bicyclic) bond motifs is 1. The van der Waals surface area contributed by atoms with E-state index in [-0.39, 0.29) is 12.5 Å². The third kappa shape index (κ3) is 4.37. The van der Waals surface area contributed by atoms with E-state index in [1.54, 1.807) is 12.1 Å². The summed E-state index contributed by atoms with van der Waals surface area (Å²) in [5.74, 6) is 1.32. The Balaban J connectivity index is 1.53. The Kier molecular flexibility index (Phi) is 6.39. The van der Waals surface area contributed by atoms with Crippen molar-refractivity contribution in [2.75, 3.05) is 39.7 Å². The fourth-order valence-corrected chi connectivity index (χ4v) is 3.12. The van der Waals surface area contributed by atoms with Crippen molar-refractivity contribution in [3.8, 4) is 17.2 Å². The predicted octanol–water partition coefficient (Wildman–Crippen LogP) is 2.96. The van der Waals surface area contributed by atoms with Crippen LogP contribution in [0.25, 0.3) is 10.9 Å². The van der Waals surface area contributed by atoms with Crippen molar-refractivity contribution in [1.29, 1.82) is 0 Å². The van der Waals surface area contributed by atoms with Crippen LogP contribution in [0, 0.1) is 0 Å². The van der Waals surface area contributed by atoms with Gasteiger partial charge in [-0.1, -0.05) is 18.2 Å². The number of para-hydroxylation sites is 1. The van der Waals surface area contributed by atoms with Gasteiger partial charge in [-0.3, -0.25) is 4.79 Å². The number of rotatable bonds is 9. The average Bonchev–Trinajstić information content (AvgIpc) is 3.13. The molecular formula is C21H25N3O4. The van der Waals surface area contributed by atoms with E-state index in [1.807, 2.05) is 18.3 Å². The van der Waals surface area contributed by atoms with Crippen molar-refractivity contribution in [2.24, 2.45) is 0 Å². The number of carbonyl (C=O) groups excluding carboxylic acids is 1. The van der Waals surface area contributed by atoms with Crippen LogP contribution < -0.4 is 24.8 Å². The topological polar surface area (TPSA) is 84.6 Å². The summed E-state index contributed by atoms with van der Waals surface area (Å²) >= 11 is 0. The van der Waals surface area contributed by atoms with Crippen LogP contribution >= 0.6 is 0 Å². The lowest BCUT2D eigenvalue weighted by Crippen LogP contribution is -2.29. The summed E-state index contributed by atoms with van der Waals surface area (Å²) in [6.45, 7) is 0.906. The maximum atomic E-state index is 12.2. The van der Waals surface area contributed by atoms with E-state index in [0.717, 1.165) is 11.9 Å². The lowest BCUT2D eigenvalue weighted by molar-refractivity contribution is -0.115. The fourth-order valence-electron chi connectivity index (χ4n) is 3.12. The third-order valence-corrected chi connectivity index (χ3v) is 4.48. The summed E-state index contributed by atoms with van der Waals surface area (Å²) in [5, 5.41) is 7.23. The molecule has 2 aromatic carbocycles. The van der Waals surface area contributed by atoms with Crippen LogP contribution in [-0.4, -0.2) is 45.3 Å². The Bertz CT molecular complexity index is 927. The highest BCUT2D eigenvalue weighted by Crippen LogP contribution is 2.39. The van der Waals surface area contributed by atoms with Gasteiger partial charge < -0.3 is 29.8 Å². The van der Waals surface area contributed by atoms with Crippen molar-refractivity contribution in [3.05, 3.63) is 48.2 Å². The molecule has 0 saturated heterocycles. The van der Waals surface area contributed by atoms with Crippen molar-refractivity contribution < 1.29 is 19.0 Å². The molecule has 0 unspecified atom stereocenters. The minimum absolute atomic E-state index is 0.145. The molecule has 3 N–H and O–H groups in total. The van der Waals surface area contributed by atoms with E-state index in [9.17, 15) is 4.79 Å². The van der Waals surface area contributed by atoms with Crippen molar-refractivity contribution >= 4 is 22.5 Å². The number of carbonyl (C=O) groups is 1. The molecule has 0 aliphatic rings. The fraction of sp³-hybridized carbons (Fsp3) is 0.286. The van der Waals surface area contributed by atoms with E-state index in [1.165, 1.54) is 32.3 Å². The second-order valence-corrected chi connectivity index (χ2v) is 6.25. The van der Waals surface area contributed by atoms with E-state index in [2.05, 4.69) is 27.8 Å². The van der Waals surface area contributed by atoms with Gasteiger partial charge in [0.1, 0.15) is 0 Å². The number of hydrogen-bond acceptors (Lipinski definition) is 5. The zero-order valence-electron chi connectivity index (χ0n) is 16.3. The SMILES string of the molecule is COc1cc(NC(=O)CNCCc2c[nH]c3ccccc23)cc(OC)c1OC. The van der Waals surface area contributed by atoms with Crippen molar-refractivity contribution in [1.82, 2.24) is 10.3 Å². The van der Waals surface area contributed by atoms with Gasteiger partial charge in [0.05, 0.1) is 27.9 Å². The number of hydrogen-bond donors (Lipinski definition) is 3. The van der Waals surface area contributed by atoms with Crippen LogP contribution in [0.1, 0.15) is 5.56 Å².